The number of ether oxygens (including phenoxy) is 1. The maximum Gasteiger partial charge on any atom is 0.0593 e. The van der Waals surface area contributed by atoms with Crippen molar-refractivity contribution in [3.63, 3.8) is 0 Å². The molecule has 0 bridgehead atoms. The lowest BCUT2D eigenvalue weighted by Crippen LogP contribution is -2.28. The van der Waals surface area contributed by atoms with Gasteiger partial charge in [-0.3, -0.25) is 4.90 Å². The van der Waals surface area contributed by atoms with Crippen LogP contribution in [-0.4, -0.2) is 31.2 Å². The molecule has 0 saturated carbocycles. The Balaban J connectivity index is 2.35. The van der Waals surface area contributed by atoms with E-state index in [1.54, 1.807) is 0 Å². The molecule has 0 radical (unpaired) electrons. The largest absolute Gasteiger partial charge is 0.399 e. The number of nitrogens with zero attached hydrogens (tertiary/aromatic N) is 1. The van der Waals surface area contributed by atoms with Crippen molar-refractivity contribution in [3.8, 4) is 0 Å². The van der Waals surface area contributed by atoms with Crippen LogP contribution in [0.5, 0.6) is 0 Å². The fourth-order valence-electron chi connectivity index (χ4n) is 2.08. The van der Waals surface area contributed by atoms with Crippen molar-refractivity contribution in [2.45, 2.75) is 39.7 Å². The van der Waals surface area contributed by atoms with E-state index in [1.807, 2.05) is 12.1 Å². The highest BCUT2D eigenvalue weighted by Gasteiger charge is 2.05. The second kappa shape index (κ2) is 9.82. The summed E-state index contributed by atoms with van der Waals surface area (Å²) in [5.74, 6) is 0. The first-order chi connectivity index (χ1) is 9.26. The van der Waals surface area contributed by atoms with Crippen LogP contribution in [0.25, 0.3) is 0 Å². The summed E-state index contributed by atoms with van der Waals surface area (Å²) in [5.41, 5.74) is 7.94. The topological polar surface area (TPSA) is 38.5 Å². The predicted molar refractivity (Wildman–Crippen MR) is 82.1 cm³/mol. The fraction of sp³-hybridized carbons (Fsp3) is 0.625. The van der Waals surface area contributed by atoms with Gasteiger partial charge in [-0.1, -0.05) is 32.4 Å². The highest BCUT2D eigenvalue weighted by molar-refractivity contribution is 5.40. The molecule has 1 rings (SSSR count). The first-order valence-electron chi connectivity index (χ1n) is 7.40. The minimum absolute atomic E-state index is 0.822. The fourth-order valence-corrected chi connectivity index (χ4v) is 2.08. The van der Waals surface area contributed by atoms with Gasteiger partial charge in [0, 0.05) is 25.4 Å². The number of hydrogen-bond donors (Lipinski definition) is 1. The van der Waals surface area contributed by atoms with Gasteiger partial charge in [-0.05, 0) is 37.1 Å². The molecule has 3 heteroatoms. The van der Waals surface area contributed by atoms with Crippen molar-refractivity contribution < 1.29 is 4.74 Å². The normalized spacial score (nSPS) is 11.1. The van der Waals surface area contributed by atoms with Gasteiger partial charge in [-0.2, -0.15) is 0 Å². The summed E-state index contributed by atoms with van der Waals surface area (Å²) < 4.78 is 5.65. The molecule has 0 atom stereocenters. The van der Waals surface area contributed by atoms with E-state index < -0.39 is 0 Å². The smallest absolute Gasteiger partial charge is 0.0593 e. The molecule has 0 spiro atoms. The maximum absolute atomic E-state index is 5.82. The van der Waals surface area contributed by atoms with Gasteiger partial charge in [0.15, 0.2) is 0 Å². The number of anilines is 1. The Labute approximate surface area is 117 Å². The highest BCUT2D eigenvalue weighted by Crippen LogP contribution is 2.10. The Hall–Kier alpha value is -1.06. The molecule has 0 saturated heterocycles. The molecule has 0 aliphatic rings. The number of unbranched alkanes of at least 4 members (excludes halogenated alkanes) is 1. The highest BCUT2D eigenvalue weighted by atomic mass is 16.5. The molecule has 108 valence electrons. The maximum atomic E-state index is 5.82. The number of hydrogen-bond acceptors (Lipinski definition) is 3. The number of nitrogen functional groups attached to an aromatic ring is 1. The first kappa shape index (κ1) is 16.0. The Bertz CT molecular complexity index is 341. The summed E-state index contributed by atoms with van der Waals surface area (Å²) in [5, 5.41) is 0. The molecule has 0 aliphatic carbocycles. The van der Waals surface area contributed by atoms with Gasteiger partial charge in [0.25, 0.3) is 0 Å². The summed E-state index contributed by atoms with van der Waals surface area (Å²) in [6.45, 7) is 9.15. The quantitative estimate of drug-likeness (QED) is 0.520. The number of rotatable bonds is 10. The summed E-state index contributed by atoms with van der Waals surface area (Å²) in [6, 6.07) is 8.14. The first-order valence-corrected chi connectivity index (χ1v) is 7.40. The van der Waals surface area contributed by atoms with Crippen LogP contribution in [0.15, 0.2) is 24.3 Å². The van der Waals surface area contributed by atoms with Crippen molar-refractivity contribution in [3.05, 3.63) is 29.8 Å². The van der Waals surface area contributed by atoms with Crippen molar-refractivity contribution in [2.75, 3.05) is 32.0 Å². The lowest BCUT2D eigenvalue weighted by atomic mass is 10.2. The van der Waals surface area contributed by atoms with Crippen LogP contribution in [0.3, 0.4) is 0 Å². The third-order valence-corrected chi connectivity index (χ3v) is 3.09. The van der Waals surface area contributed by atoms with Gasteiger partial charge < -0.3 is 10.5 Å². The van der Waals surface area contributed by atoms with E-state index in [0.29, 0.717) is 0 Å². The van der Waals surface area contributed by atoms with Crippen molar-refractivity contribution >= 4 is 5.69 Å². The standard InChI is InChI=1S/C16H28N2O/c1-3-5-11-19-12-10-18(9-4-2)14-15-7-6-8-16(17)13-15/h6-8,13H,3-5,9-12,14,17H2,1-2H3. The van der Waals surface area contributed by atoms with Gasteiger partial charge in [0.2, 0.25) is 0 Å². The van der Waals surface area contributed by atoms with Crippen LogP contribution in [0.1, 0.15) is 38.7 Å². The molecule has 0 fully saturated rings. The summed E-state index contributed by atoms with van der Waals surface area (Å²) in [4.78, 5) is 2.43. The van der Waals surface area contributed by atoms with E-state index in [2.05, 4.69) is 30.9 Å². The van der Waals surface area contributed by atoms with Gasteiger partial charge in [-0.15, -0.1) is 0 Å². The monoisotopic (exact) mass is 264 g/mol. The number of benzene rings is 1. The molecular weight excluding hydrogens is 236 g/mol. The summed E-state index contributed by atoms with van der Waals surface area (Å²) in [7, 11) is 0. The SMILES string of the molecule is CCCCOCCN(CCC)Cc1cccc(N)c1. The molecular formula is C16H28N2O. The zero-order valence-electron chi connectivity index (χ0n) is 12.4. The van der Waals surface area contributed by atoms with Crippen LogP contribution in [-0.2, 0) is 11.3 Å². The minimum Gasteiger partial charge on any atom is -0.399 e. The van der Waals surface area contributed by atoms with E-state index in [4.69, 9.17) is 10.5 Å². The predicted octanol–water partition coefficient (Wildman–Crippen LogP) is 3.30. The van der Waals surface area contributed by atoms with Crippen molar-refractivity contribution in [1.82, 2.24) is 4.90 Å². The van der Waals surface area contributed by atoms with Gasteiger partial charge >= 0.3 is 0 Å². The Morgan fingerprint density at radius 2 is 1.95 bits per heavy atom. The van der Waals surface area contributed by atoms with E-state index in [-0.39, 0.29) is 0 Å². The van der Waals surface area contributed by atoms with Crippen LogP contribution in [0, 0.1) is 0 Å². The zero-order valence-corrected chi connectivity index (χ0v) is 12.4. The Kier molecular flexibility index (Phi) is 8.26. The van der Waals surface area contributed by atoms with Gasteiger partial charge in [0.1, 0.15) is 0 Å². The molecule has 1 aromatic carbocycles. The third-order valence-electron chi connectivity index (χ3n) is 3.09. The average molecular weight is 264 g/mol. The van der Waals surface area contributed by atoms with Crippen LogP contribution in [0.4, 0.5) is 5.69 Å². The second-order valence-electron chi connectivity index (χ2n) is 4.99. The molecule has 0 heterocycles. The molecule has 0 aliphatic heterocycles. The average Bonchev–Trinajstić information content (AvgIpc) is 2.38. The van der Waals surface area contributed by atoms with E-state index >= 15 is 0 Å². The second-order valence-corrected chi connectivity index (χ2v) is 4.99. The zero-order chi connectivity index (χ0) is 13.9. The van der Waals surface area contributed by atoms with Crippen molar-refractivity contribution in [1.29, 1.82) is 0 Å². The van der Waals surface area contributed by atoms with Crippen LogP contribution < -0.4 is 5.73 Å². The third kappa shape index (κ3) is 7.19. The van der Waals surface area contributed by atoms with Gasteiger partial charge in [-0.25, -0.2) is 0 Å². The lowest BCUT2D eigenvalue weighted by Gasteiger charge is -2.21. The lowest BCUT2D eigenvalue weighted by molar-refractivity contribution is 0.0990. The summed E-state index contributed by atoms with van der Waals surface area (Å²) >= 11 is 0. The molecule has 19 heavy (non-hydrogen) atoms. The molecule has 3 nitrogen and oxygen atoms in total. The molecule has 0 unspecified atom stereocenters. The van der Waals surface area contributed by atoms with Crippen LogP contribution in [0.2, 0.25) is 0 Å². The van der Waals surface area contributed by atoms with Crippen molar-refractivity contribution in [2.24, 2.45) is 0 Å². The van der Waals surface area contributed by atoms with E-state index in [0.717, 1.165) is 51.4 Å². The molecule has 1 aromatic rings. The van der Waals surface area contributed by atoms with Crippen LogP contribution >= 0.6 is 0 Å². The van der Waals surface area contributed by atoms with E-state index in [1.165, 1.54) is 12.0 Å². The Morgan fingerprint density at radius 3 is 2.63 bits per heavy atom. The molecule has 0 amide bonds. The Morgan fingerprint density at radius 1 is 1.11 bits per heavy atom. The molecule has 2 N–H and O–H groups in total. The molecule has 0 aromatic heterocycles. The van der Waals surface area contributed by atoms with Gasteiger partial charge in [0.05, 0.1) is 6.61 Å². The minimum atomic E-state index is 0.822. The number of nitrogens with two attached hydrogens (primary N) is 1. The summed E-state index contributed by atoms with van der Waals surface area (Å²) in [6.07, 6.45) is 3.52. The van der Waals surface area contributed by atoms with E-state index in [9.17, 15) is 0 Å².